The molecule has 0 aromatic carbocycles. The number of rotatable bonds is 6. The van der Waals surface area contributed by atoms with E-state index in [0.717, 1.165) is 8.66 Å². The first-order chi connectivity index (χ1) is 11.9. The summed E-state index contributed by atoms with van der Waals surface area (Å²) in [6.07, 6.45) is -0.866. The second-order valence-corrected chi connectivity index (χ2v) is 8.13. The molecule has 1 fully saturated rings. The average molecular weight is 428 g/mol. The zero-order valence-corrected chi connectivity index (χ0v) is 16.2. The molecule has 0 saturated carbocycles. The number of aromatic nitrogens is 2. The van der Waals surface area contributed by atoms with Crippen LogP contribution in [-0.4, -0.2) is 34.3 Å². The van der Waals surface area contributed by atoms with Crippen molar-refractivity contribution in [1.82, 2.24) is 9.97 Å². The molecule has 3 rings (SSSR count). The van der Waals surface area contributed by atoms with Crippen molar-refractivity contribution >= 4 is 39.1 Å². The first-order valence-corrected chi connectivity index (χ1v) is 9.39. The molecule has 0 bridgehead atoms. The van der Waals surface area contributed by atoms with Gasteiger partial charge in [-0.25, -0.2) is 9.97 Å². The number of aryl methyl sites for hydroxylation is 1. The lowest BCUT2D eigenvalue weighted by molar-refractivity contribution is -0.136. The molecule has 3 heterocycles. The lowest BCUT2D eigenvalue weighted by Gasteiger charge is -2.21. The van der Waals surface area contributed by atoms with Crippen molar-refractivity contribution in [3.63, 3.8) is 0 Å². The summed E-state index contributed by atoms with van der Waals surface area (Å²) in [6, 6.07) is 4.01. The Morgan fingerprint density at radius 1 is 1.44 bits per heavy atom. The number of anilines is 1. The molecule has 2 aromatic rings. The third-order valence-electron chi connectivity index (χ3n) is 3.69. The number of thiophene rings is 1. The molecule has 0 spiro atoms. The van der Waals surface area contributed by atoms with E-state index in [1.807, 2.05) is 19.1 Å². The summed E-state index contributed by atoms with van der Waals surface area (Å²) in [7, 11) is 0. The molecule has 0 radical (unpaired) electrons. The smallest absolute Gasteiger partial charge is 0.309 e. The van der Waals surface area contributed by atoms with Crippen LogP contribution in [0.25, 0.3) is 0 Å². The topological polar surface area (TPSA) is 93.6 Å². The van der Waals surface area contributed by atoms with E-state index in [1.54, 1.807) is 18.3 Å². The number of ether oxygens (including phenoxy) is 2. The summed E-state index contributed by atoms with van der Waals surface area (Å²) in [5.41, 5.74) is 0.974. The first kappa shape index (κ1) is 18.2. The van der Waals surface area contributed by atoms with Crippen LogP contribution in [0.15, 0.2) is 15.9 Å². The van der Waals surface area contributed by atoms with E-state index >= 15 is 0 Å². The Morgan fingerprint density at radius 2 is 2.16 bits per heavy atom. The van der Waals surface area contributed by atoms with E-state index in [0.29, 0.717) is 36.1 Å². The Labute approximate surface area is 157 Å². The second-order valence-electron chi connectivity index (χ2n) is 5.63. The molecule has 1 unspecified atom stereocenters. The molecular weight excluding hydrogens is 410 g/mol. The maximum absolute atomic E-state index is 11.2. The SMILES string of the molecule is Cc1nc(CC(=O)O)c(C2OCCO2)c(NC(C)c2ccc(Br)s2)n1. The zero-order valence-electron chi connectivity index (χ0n) is 13.8. The van der Waals surface area contributed by atoms with Crippen LogP contribution in [0.5, 0.6) is 0 Å². The van der Waals surface area contributed by atoms with Crippen molar-refractivity contribution in [2.24, 2.45) is 0 Å². The van der Waals surface area contributed by atoms with Crippen LogP contribution in [0.4, 0.5) is 5.82 Å². The van der Waals surface area contributed by atoms with Gasteiger partial charge in [-0.2, -0.15) is 0 Å². The highest BCUT2D eigenvalue weighted by atomic mass is 79.9. The largest absolute Gasteiger partial charge is 0.481 e. The van der Waals surface area contributed by atoms with Gasteiger partial charge in [0.05, 0.1) is 40.7 Å². The van der Waals surface area contributed by atoms with Gasteiger partial charge < -0.3 is 19.9 Å². The van der Waals surface area contributed by atoms with Gasteiger partial charge in [-0.05, 0) is 41.9 Å². The highest BCUT2D eigenvalue weighted by Gasteiger charge is 2.28. The molecule has 2 N–H and O–H groups in total. The van der Waals surface area contributed by atoms with E-state index in [9.17, 15) is 9.90 Å². The number of nitrogens with one attached hydrogen (secondary N) is 1. The molecule has 1 aliphatic heterocycles. The normalized spacial score (nSPS) is 16.1. The molecule has 1 atom stereocenters. The molecule has 0 amide bonds. The van der Waals surface area contributed by atoms with Gasteiger partial charge in [-0.3, -0.25) is 4.79 Å². The number of aliphatic carboxylic acids is 1. The Morgan fingerprint density at radius 3 is 2.76 bits per heavy atom. The number of carboxylic acids is 1. The Kier molecular flexibility index (Phi) is 5.67. The predicted molar refractivity (Wildman–Crippen MR) is 96.8 cm³/mol. The van der Waals surface area contributed by atoms with E-state index in [2.05, 4.69) is 31.2 Å². The van der Waals surface area contributed by atoms with Crippen molar-refractivity contribution < 1.29 is 19.4 Å². The summed E-state index contributed by atoms with van der Waals surface area (Å²) in [6.45, 7) is 4.67. The monoisotopic (exact) mass is 427 g/mol. The number of halogens is 1. The van der Waals surface area contributed by atoms with E-state index < -0.39 is 12.3 Å². The molecule has 7 nitrogen and oxygen atoms in total. The highest BCUT2D eigenvalue weighted by Crippen LogP contribution is 2.34. The fourth-order valence-corrected chi connectivity index (χ4v) is 4.06. The van der Waals surface area contributed by atoms with Crippen LogP contribution in [0.2, 0.25) is 0 Å². The van der Waals surface area contributed by atoms with Gasteiger partial charge in [-0.1, -0.05) is 0 Å². The molecule has 134 valence electrons. The van der Waals surface area contributed by atoms with Gasteiger partial charge >= 0.3 is 5.97 Å². The summed E-state index contributed by atoms with van der Waals surface area (Å²) >= 11 is 5.09. The fourth-order valence-electron chi connectivity index (χ4n) is 2.64. The summed E-state index contributed by atoms with van der Waals surface area (Å²) < 4.78 is 12.2. The van der Waals surface area contributed by atoms with Crippen LogP contribution in [0.1, 0.15) is 41.2 Å². The van der Waals surface area contributed by atoms with Crippen LogP contribution < -0.4 is 5.32 Å². The van der Waals surface area contributed by atoms with Crippen molar-refractivity contribution in [2.45, 2.75) is 32.6 Å². The molecule has 2 aromatic heterocycles. The zero-order chi connectivity index (χ0) is 18.0. The van der Waals surface area contributed by atoms with Crippen molar-refractivity contribution in [3.8, 4) is 0 Å². The first-order valence-electron chi connectivity index (χ1n) is 7.78. The average Bonchev–Trinajstić information content (AvgIpc) is 3.17. The van der Waals surface area contributed by atoms with Crippen molar-refractivity contribution in [1.29, 1.82) is 0 Å². The number of carboxylic acid groups (broad SMARTS) is 1. The van der Waals surface area contributed by atoms with Gasteiger partial charge in [-0.15, -0.1) is 11.3 Å². The standard InChI is InChI=1S/C16H18BrN3O4S/c1-8(11-3-4-12(17)25-11)18-15-14(16-23-5-6-24-16)10(7-13(21)22)19-9(2)20-15/h3-4,8,16H,5-7H2,1-2H3,(H,21,22)(H,18,19,20). The third-order valence-corrected chi connectivity index (χ3v) is 5.49. The summed E-state index contributed by atoms with van der Waals surface area (Å²) in [4.78, 5) is 21.1. The van der Waals surface area contributed by atoms with Gasteiger partial charge in [0.2, 0.25) is 0 Å². The van der Waals surface area contributed by atoms with Crippen LogP contribution in [0.3, 0.4) is 0 Å². The maximum atomic E-state index is 11.2. The number of hydrogen-bond acceptors (Lipinski definition) is 7. The summed E-state index contributed by atoms with van der Waals surface area (Å²) in [5.74, 6) is 0.0891. The highest BCUT2D eigenvalue weighted by molar-refractivity contribution is 9.11. The quantitative estimate of drug-likeness (QED) is 0.728. The number of nitrogens with zero attached hydrogens (tertiary/aromatic N) is 2. The van der Waals surface area contributed by atoms with Crippen molar-refractivity contribution in [2.75, 3.05) is 18.5 Å². The molecule has 1 aliphatic rings. The minimum atomic E-state index is -0.960. The van der Waals surface area contributed by atoms with Crippen LogP contribution in [0, 0.1) is 6.92 Å². The Hall–Kier alpha value is -1.55. The van der Waals surface area contributed by atoms with Crippen molar-refractivity contribution in [3.05, 3.63) is 37.9 Å². The number of carbonyl (C=O) groups is 1. The second kappa shape index (κ2) is 7.77. The van der Waals surface area contributed by atoms with E-state index in [-0.39, 0.29) is 12.5 Å². The van der Waals surface area contributed by atoms with Crippen LogP contribution >= 0.6 is 27.3 Å². The van der Waals surface area contributed by atoms with Gasteiger partial charge in [0, 0.05) is 4.88 Å². The molecule has 9 heteroatoms. The van der Waals surface area contributed by atoms with Gasteiger partial charge in [0.15, 0.2) is 6.29 Å². The summed E-state index contributed by atoms with van der Waals surface area (Å²) in [5, 5.41) is 12.6. The van der Waals surface area contributed by atoms with Gasteiger partial charge in [0.1, 0.15) is 11.6 Å². The van der Waals surface area contributed by atoms with Gasteiger partial charge in [0.25, 0.3) is 0 Å². The molecule has 0 aliphatic carbocycles. The van der Waals surface area contributed by atoms with E-state index in [4.69, 9.17) is 9.47 Å². The molecule has 25 heavy (non-hydrogen) atoms. The fraction of sp³-hybridized carbons (Fsp3) is 0.438. The third kappa shape index (κ3) is 4.35. The Bertz CT molecular complexity index is 777. The lowest BCUT2D eigenvalue weighted by Crippen LogP contribution is -2.17. The van der Waals surface area contributed by atoms with Crippen LogP contribution in [-0.2, 0) is 20.7 Å². The predicted octanol–water partition coefficient (Wildman–Crippen LogP) is 3.45. The number of hydrogen-bond donors (Lipinski definition) is 2. The minimum Gasteiger partial charge on any atom is -0.481 e. The van der Waals surface area contributed by atoms with E-state index in [1.165, 1.54) is 0 Å². The maximum Gasteiger partial charge on any atom is 0.309 e. The lowest BCUT2D eigenvalue weighted by atomic mass is 10.1. The minimum absolute atomic E-state index is 0.0107. The molecular formula is C16H18BrN3O4S. The Balaban J connectivity index is 1.98. The molecule has 1 saturated heterocycles.